The Morgan fingerprint density at radius 1 is 0.968 bits per heavy atom. The Morgan fingerprint density at radius 3 is 2.65 bits per heavy atom. The van der Waals surface area contributed by atoms with Crippen LogP contribution in [0.3, 0.4) is 0 Å². The number of nitrogens with zero attached hydrogens (tertiary/aromatic N) is 5. The van der Waals surface area contributed by atoms with Gasteiger partial charge in [0.25, 0.3) is 5.56 Å². The lowest BCUT2D eigenvalue weighted by molar-refractivity contribution is 0.248. The third kappa shape index (κ3) is 3.12. The number of ether oxygens (including phenoxy) is 1. The molecule has 0 saturated carbocycles. The van der Waals surface area contributed by atoms with E-state index in [1.54, 1.807) is 18.5 Å². The second-order valence-electron chi connectivity index (χ2n) is 7.82. The highest BCUT2D eigenvalue weighted by molar-refractivity contribution is 6.01. The molecule has 0 bridgehead atoms. The number of fused-ring (bicyclic) bond motifs is 2. The van der Waals surface area contributed by atoms with Crippen LogP contribution in [0.15, 0.2) is 59.7 Å². The predicted octanol–water partition coefficient (Wildman–Crippen LogP) is 2.81. The Morgan fingerprint density at radius 2 is 1.81 bits per heavy atom. The molecule has 8 heteroatoms. The van der Waals surface area contributed by atoms with Crippen molar-refractivity contribution in [2.45, 2.75) is 6.54 Å². The fraction of sp³-hybridized carbons (Fsp3) is 0.217. The average molecular weight is 412 g/mol. The Balaban J connectivity index is 1.25. The fourth-order valence-electron chi connectivity index (χ4n) is 4.35. The second kappa shape index (κ2) is 7.17. The third-order valence-electron chi connectivity index (χ3n) is 5.91. The number of nitrogens with one attached hydrogen (secondary N) is 1. The minimum absolute atomic E-state index is 0.205. The lowest BCUT2D eigenvalue weighted by atomic mass is 9.99. The normalized spacial score (nSPS) is 15.5. The zero-order valence-corrected chi connectivity index (χ0v) is 16.8. The van der Waals surface area contributed by atoms with Crippen LogP contribution in [0.4, 0.5) is 5.95 Å². The molecule has 2 aromatic heterocycles. The van der Waals surface area contributed by atoms with Gasteiger partial charge in [-0.15, -0.1) is 0 Å². The van der Waals surface area contributed by atoms with Crippen LogP contribution in [0.1, 0.15) is 5.56 Å². The van der Waals surface area contributed by atoms with Crippen molar-refractivity contribution >= 4 is 16.7 Å². The predicted molar refractivity (Wildman–Crippen MR) is 117 cm³/mol. The molecular formula is C23H20N6O2. The maximum absolute atomic E-state index is 12.2. The molecule has 0 radical (unpaired) electrons. The largest absolute Gasteiger partial charge is 0.456 e. The zero-order valence-electron chi connectivity index (χ0n) is 16.8. The maximum Gasteiger partial charge on any atom is 0.272 e. The number of piperazine rings is 1. The van der Waals surface area contributed by atoms with Crippen LogP contribution in [-0.2, 0) is 6.54 Å². The van der Waals surface area contributed by atoms with E-state index in [2.05, 4.69) is 42.1 Å². The van der Waals surface area contributed by atoms with Gasteiger partial charge in [-0.25, -0.2) is 15.1 Å². The van der Waals surface area contributed by atoms with Crippen molar-refractivity contribution < 1.29 is 4.74 Å². The lowest BCUT2D eigenvalue weighted by Crippen LogP contribution is -2.46. The highest BCUT2D eigenvalue weighted by Gasteiger charge is 2.24. The highest BCUT2D eigenvalue weighted by atomic mass is 16.5. The van der Waals surface area contributed by atoms with Crippen molar-refractivity contribution in [1.29, 1.82) is 0 Å². The molecule has 0 unspecified atom stereocenters. The molecule has 0 spiro atoms. The van der Waals surface area contributed by atoms with Crippen molar-refractivity contribution in [2.75, 3.05) is 31.1 Å². The van der Waals surface area contributed by atoms with Gasteiger partial charge in [-0.05, 0) is 35.9 Å². The van der Waals surface area contributed by atoms with Crippen LogP contribution in [0.5, 0.6) is 11.5 Å². The summed E-state index contributed by atoms with van der Waals surface area (Å²) in [7, 11) is 0. The first-order valence-corrected chi connectivity index (χ1v) is 10.3. The molecule has 4 heterocycles. The van der Waals surface area contributed by atoms with Gasteiger partial charge >= 0.3 is 0 Å². The van der Waals surface area contributed by atoms with Gasteiger partial charge in [0.2, 0.25) is 5.95 Å². The number of benzene rings is 2. The number of rotatable bonds is 3. The Hall–Kier alpha value is -3.78. The number of H-pyrrole nitrogens is 1. The summed E-state index contributed by atoms with van der Waals surface area (Å²) in [5, 5.41) is 8.35. The van der Waals surface area contributed by atoms with E-state index >= 15 is 0 Å². The molecule has 0 amide bonds. The number of hydrogen-bond acceptors (Lipinski definition) is 7. The van der Waals surface area contributed by atoms with E-state index in [0.29, 0.717) is 11.1 Å². The number of aromatic amines is 1. The van der Waals surface area contributed by atoms with Gasteiger partial charge in [0.1, 0.15) is 17.2 Å². The van der Waals surface area contributed by atoms with E-state index in [0.717, 1.165) is 61.1 Å². The van der Waals surface area contributed by atoms with Crippen molar-refractivity contribution in [3.05, 3.63) is 70.8 Å². The van der Waals surface area contributed by atoms with E-state index in [-0.39, 0.29) is 5.56 Å². The average Bonchev–Trinajstić information content (AvgIpc) is 2.82. The van der Waals surface area contributed by atoms with Crippen molar-refractivity contribution in [1.82, 2.24) is 25.1 Å². The van der Waals surface area contributed by atoms with Crippen LogP contribution in [0.2, 0.25) is 0 Å². The first kappa shape index (κ1) is 18.0. The molecule has 0 atom stereocenters. The van der Waals surface area contributed by atoms with E-state index in [1.165, 1.54) is 5.56 Å². The van der Waals surface area contributed by atoms with Gasteiger partial charge < -0.3 is 9.64 Å². The summed E-state index contributed by atoms with van der Waals surface area (Å²) < 4.78 is 6.09. The quantitative estimate of drug-likeness (QED) is 0.488. The minimum atomic E-state index is -0.205. The summed E-state index contributed by atoms with van der Waals surface area (Å²) in [5.74, 6) is 2.22. The molecule has 0 aliphatic carbocycles. The summed E-state index contributed by atoms with van der Waals surface area (Å²) in [4.78, 5) is 25.5. The van der Waals surface area contributed by atoms with E-state index in [4.69, 9.17) is 4.74 Å². The van der Waals surface area contributed by atoms with E-state index in [9.17, 15) is 4.79 Å². The Labute approximate surface area is 178 Å². The number of hydrogen-bond donors (Lipinski definition) is 1. The molecule has 4 aromatic rings. The van der Waals surface area contributed by atoms with Crippen LogP contribution in [-0.4, -0.2) is 51.2 Å². The fourth-order valence-corrected chi connectivity index (χ4v) is 4.35. The van der Waals surface area contributed by atoms with E-state index < -0.39 is 0 Å². The standard InChI is InChI=1S/C23H20N6O2/c30-22-16-3-1-4-19-20(16)21(26-27-22)17-13-15(5-6-18(17)31-19)14-28-9-11-29(12-10-28)23-24-7-2-8-25-23/h1-8,13H,9-12,14H2,(H,27,30). The van der Waals surface area contributed by atoms with Crippen molar-refractivity contribution in [3.63, 3.8) is 0 Å². The molecule has 2 aliphatic rings. The van der Waals surface area contributed by atoms with Crippen molar-refractivity contribution in [2.24, 2.45) is 0 Å². The maximum atomic E-state index is 12.2. The summed E-state index contributed by atoms with van der Waals surface area (Å²) >= 11 is 0. The molecule has 2 aliphatic heterocycles. The Kier molecular flexibility index (Phi) is 4.17. The molecule has 8 nitrogen and oxygen atoms in total. The molecule has 1 N–H and O–H groups in total. The van der Waals surface area contributed by atoms with Gasteiger partial charge in [-0.3, -0.25) is 9.69 Å². The number of aromatic nitrogens is 4. The third-order valence-corrected chi connectivity index (χ3v) is 5.91. The summed E-state index contributed by atoms with van der Waals surface area (Å²) in [5.41, 5.74) is 2.66. The summed E-state index contributed by atoms with van der Waals surface area (Å²) in [6.45, 7) is 4.51. The van der Waals surface area contributed by atoms with Crippen LogP contribution in [0.25, 0.3) is 22.0 Å². The van der Waals surface area contributed by atoms with Crippen molar-refractivity contribution in [3.8, 4) is 22.8 Å². The molecule has 6 rings (SSSR count). The smallest absolute Gasteiger partial charge is 0.272 e. The first-order chi connectivity index (χ1) is 15.3. The molecule has 1 fully saturated rings. The summed E-state index contributed by atoms with van der Waals surface area (Å²) in [6, 6.07) is 13.6. The van der Waals surface area contributed by atoms with E-state index in [1.807, 2.05) is 24.3 Å². The van der Waals surface area contributed by atoms with Gasteiger partial charge in [-0.1, -0.05) is 12.1 Å². The SMILES string of the molecule is O=c1[nH]nc2c3c(cccc13)Oc1ccc(CN3CCN(c4ncccn4)CC3)cc1-2. The van der Waals surface area contributed by atoms with Crippen LogP contribution in [0, 0.1) is 0 Å². The molecule has 154 valence electrons. The minimum Gasteiger partial charge on any atom is -0.456 e. The molecule has 31 heavy (non-hydrogen) atoms. The van der Waals surface area contributed by atoms with Crippen LogP contribution >= 0.6 is 0 Å². The zero-order chi connectivity index (χ0) is 20.8. The molecular weight excluding hydrogens is 392 g/mol. The van der Waals surface area contributed by atoms with Gasteiger partial charge in [0.05, 0.1) is 10.8 Å². The Bertz CT molecular complexity index is 1330. The highest BCUT2D eigenvalue weighted by Crippen LogP contribution is 2.44. The molecule has 2 aromatic carbocycles. The van der Waals surface area contributed by atoms with Gasteiger partial charge in [0.15, 0.2) is 0 Å². The first-order valence-electron chi connectivity index (χ1n) is 10.3. The number of anilines is 1. The second-order valence-corrected chi connectivity index (χ2v) is 7.82. The van der Waals surface area contributed by atoms with Crippen LogP contribution < -0.4 is 15.2 Å². The summed E-state index contributed by atoms with van der Waals surface area (Å²) in [6.07, 6.45) is 3.56. The van der Waals surface area contributed by atoms with Gasteiger partial charge in [0, 0.05) is 50.7 Å². The van der Waals surface area contributed by atoms with Gasteiger partial charge in [-0.2, -0.15) is 5.10 Å². The topological polar surface area (TPSA) is 87.2 Å². The lowest BCUT2D eigenvalue weighted by Gasteiger charge is -2.34. The monoisotopic (exact) mass is 412 g/mol. The molecule has 1 saturated heterocycles.